The van der Waals surface area contributed by atoms with Gasteiger partial charge < -0.3 is 5.73 Å². The molecule has 0 fully saturated rings. The van der Waals surface area contributed by atoms with Crippen molar-refractivity contribution < 1.29 is 0 Å². The highest BCUT2D eigenvalue weighted by Gasteiger charge is 2.38. The van der Waals surface area contributed by atoms with Gasteiger partial charge in [-0.2, -0.15) is 0 Å². The van der Waals surface area contributed by atoms with E-state index in [1.165, 1.54) is 10.4 Å². The largest absolute Gasteiger partial charge is 0.329 e. The summed E-state index contributed by atoms with van der Waals surface area (Å²) in [5.41, 5.74) is 6.92. The third kappa shape index (κ3) is 3.97. The summed E-state index contributed by atoms with van der Waals surface area (Å²) >= 11 is 0. The number of benzene rings is 2. The lowest BCUT2D eigenvalue weighted by Gasteiger charge is -2.35. The first-order valence-electron chi connectivity index (χ1n) is 7.41. The number of hydrogen-bond donors (Lipinski definition) is 1. The van der Waals surface area contributed by atoms with Crippen LogP contribution in [0.3, 0.4) is 0 Å². The third-order valence-corrected chi connectivity index (χ3v) is 9.00. The summed E-state index contributed by atoms with van der Waals surface area (Å²) in [5.74, 6) is 0.629. The molecule has 0 aliphatic carbocycles. The summed E-state index contributed by atoms with van der Waals surface area (Å²) in [6.07, 6.45) is 1.08. The van der Waals surface area contributed by atoms with E-state index in [1.807, 2.05) is 0 Å². The van der Waals surface area contributed by atoms with Gasteiger partial charge in [0, 0.05) is 5.67 Å². The molecule has 0 aliphatic heterocycles. The van der Waals surface area contributed by atoms with Crippen LogP contribution >= 0.6 is 12.4 Å². The van der Waals surface area contributed by atoms with Gasteiger partial charge in [-0.15, -0.1) is 12.4 Å². The quantitative estimate of drug-likeness (QED) is 0.841. The van der Waals surface area contributed by atoms with Crippen molar-refractivity contribution in [2.24, 2.45) is 11.7 Å². The second-order valence-electron chi connectivity index (χ2n) is 6.17. The van der Waals surface area contributed by atoms with Crippen LogP contribution in [0.1, 0.15) is 20.3 Å². The molecule has 0 radical (unpaired) electrons. The first-order valence-corrected chi connectivity index (χ1v) is 9.99. The standard InChI is InChI=1S/C18H25NSi.ClH/c1-15(2)14-18(19)20(3,16-10-6-4-7-11-16)17-12-8-5-9-13-17;/h4-13,15,18H,14,19H2,1-3H3;1H. The van der Waals surface area contributed by atoms with E-state index < -0.39 is 8.07 Å². The van der Waals surface area contributed by atoms with Crippen LogP contribution in [-0.2, 0) is 0 Å². The van der Waals surface area contributed by atoms with E-state index in [-0.39, 0.29) is 18.1 Å². The van der Waals surface area contributed by atoms with Crippen LogP contribution in [-0.4, -0.2) is 13.7 Å². The number of nitrogens with two attached hydrogens (primary N) is 1. The Balaban J connectivity index is 0.00000220. The summed E-state index contributed by atoms with van der Waals surface area (Å²) in [6.45, 7) is 6.92. The van der Waals surface area contributed by atoms with Crippen LogP contribution < -0.4 is 16.1 Å². The van der Waals surface area contributed by atoms with Gasteiger partial charge in [0.15, 0.2) is 0 Å². The summed E-state index contributed by atoms with van der Waals surface area (Å²) in [5, 5.41) is 2.86. The lowest BCUT2D eigenvalue weighted by molar-refractivity contribution is 0.563. The molecule has 1 nitrogen and oxygen atoms in total. The highest BCUT2D eigenvalue weighted by atomic mass is 35.5. The molecule has 114 valence electrons. The summed E-state index contributed by atoms with van der Waals surface area (Å²) < 4.78 is 0. The minimum Gasteiger partial charge on any atom is -0.329 e. The van der Waals surface area contributed by atoms with Crippen molar-refractivity contribution in [1.29, 1.82) is 0 Å². The first kappa shape index (κ1) is 18.0. The Morgan fingerprint density at radius 3 is 1.57 bits per heavy atom. The van der Waals surface area contributed by atoms with E-state index in [9.17, 15) is 0 Å². The molecular weight excluding hydrogens is 294 g/mol. The van der Waals surface area contributed by atoms with Gasteiger partial charge in [-0.1, -0.05) is 91.4 Å². The molecule has 0 spiro atoms. The lowest BCUT2D eigenvalue weighted by Crippen LogP contribution is -2.67. The molecule has 21 heavy (non-hydrogen) atoms. The molecule has 0 aliphatic rings. The minimum absolute atomic E-state index is 0. The van der Waals surface area contributed by atoms with E-state index in [0.29, 0.717) is 5.92 Å². The Morgan fingerprint density at radius 1 is 0.857 bits per heavy atom. The van der Waals surface area contributed by atoms with E-state index >= 15 is 0 Å². The minimum atomic E-state index is -1.89. The fourth-order valence-corrected chi connectivity index (χ4v) is 6.81. The number of rotatable bonds is 5. The Labute approximate surface area is 136 Å². The molecule has 0 amide bonds. The highest BCUT2D eigenvalue weighted by Crippen LogP contribution is 2.15. The Morgan fingerprint density at radius 2 is 1.24 bits per heavy atom. The van der Waals surface area contributed by atoms with Crippen LogP contribution in [0.4, 0.5) is 0 Å². The predicted octanol–water partition coefficient (Wildman–Crippen LogP) is 3.21. The normalized spacial score (nSPS) is 12.8. The Kier molecular flexibility index (Phi) is 6.66. The Hall–Kier alpha value is -1.09. The predicted molar refractivity (Wildman–Crippen MR) is 98.4 cm³/mol. The van der Waals surface area contributed by atoms with Crippen molar-refractivity contribution in [3.05, 3.63) is 60.7 Å². The van der Waals surface area contributed by atoms with Gasteiger partial charge in [-0.3, -0.25) is 0 Å². The SMILES string of the molecule is CC(C)CC(N)[Si](C)(c1ccccc1)c1ccccc1.Cl. The van der Waals surface area contributed by atoms with Gasteiger partial charge in [0.25, 0.3) is 0 Å². The molecule has 2 aromatic carbocycles. The van der Waals surface area contributed by atoms with Gasteiger partial charge >= 0.3 is 0 Å². The third-order valence-electron chi connectivity index (χ3n) is 4.21. The van der Waals surface area contributed by atoms with Gasteiger partial charge in [0.05, 0.1) is 0 Å². The molecule has 1 atom stereocenters. The topological polar surface area (TPSA) is 26.0 Å². The molecule has 2 N–H and O–H groups in total. The first-order chi connectivity index (χ1) is 9.55. The van der Waals surface area contributed by atoms with Crippen molar-refractivity contribution in [3.63, 3.8) is 0 Å². The Bertz CT molecular complexity index is 488. The zero-order chi connectivity index (χ0) is 14.6. The number of hydrogen-bond acceptors (Lipinski definition) is 1. The molecule has 0 saturated heterocycles. The molecule has 1 unspecified atom stereocenters. The molecule has 2 rings (SSSR count). The maximum atomic E-state index is 6.68. The monoisotopic (exact) mass is 319 g/mol. The average Bonchev–Trinajstić information content (AvgIpc) is 2.47. The zero-order valence-corrected chi connectivity index (χ0v) is 14.9. The maximum Gasteiger partial charge on any atom is 0.131 e. The van der Waals surface area contributed by atoms with E-state index in [2.05, 4.69) is 81.1 Å². The maximum absolute atomic E-state index is 6.68. The van der Waals surface area contributed by atoms with Crippen LogP contribution in [0.2, 0.25) is 6.55 Å². The van der Waals surface area contributed by atoms with Gasteiger partial charge in [0.1, 0.15) is 8.07 Å². The fourth-order valence-electron chi connectivity index (χ4n) is 2.91. The molecule has 0 saturated carbocycles. The molecule has 0 bridgehead atoms. The number of halogens is 1. The molecular formula is C18H26ClNSi. The van der Waals surface area contributed by atoms with Gasteiger partial charge in [-0.05, 0) is 12.3 Å². The van der Waals surface area contributed by atoms with Crippen molar-refractivity contribution in [1.82, 2.24) is 0 Å². The van der Waals surface area contributed by atoms with Crippen LogP contribution in [0, 0.1) is 5.92 Å². The van der Waals surface area contributed by atoms with Crippen molar-refractivity contribution in [2.75, 3.05) is 0 Å². The van der Waals surface area contributed by atoms with Crippen LogP contribution in [0.5, 0.6) is 0 Å². The molecule has 3 heteroatoms. The highest BCUT2D eigenvalue weighted by molar-refractivity contribution is 7.02. The van der Waals surface area contributed by atoms with Gasteiger partial charge in [-0.25, -0.2) is 0 Å². The second kappa shape index (κ2) is 7.78. The lowest BCUT2D eigenvalue weighted by atomic mass is 10.1. The summed E-state index contributed by atoms with van der Waals surface area (Å²) in [7, 11) is -1.89. The van der Waals surface area contributed by atoms with Crippen LogP contribution in [0.25, 0.3) is 0 Å². The second-order valence-corrected chi connectivity index (χ2v) is 10.5. The van der Waals surface area contributed by atoms with E-state index in [1.54, 1.807) is 0 Å². The average molecular weight is 320 g/mol. The smallest absolute Gasteiger partial charge is 0.131 e. The molecule has 0 heterocycles. The van der Waals surface area contributed by atoms with Crippen molar-refractivity contribution in [2.45, 2.75) is 32.5 Å². The summed E-state index contributed by atoms with van der Waals surface area (Å²) in [6, 6.07) is 21.7. The summed E-state index contributed by atoms with van der Waals surface area (Å²) in [4.78, 5) is 0. The molecule has 2 aromatic rings. The van der Waals surface area contributed by atoms with Crippen LogP contribution in [0.15, 0.2) is 60.7 Å². The van der Waals surface area contributed by atoms with Gasteiger partial charge in [0.2, 0.25) is 0 Å². The zero-order valence-electron chi connectivity index (χ0n) is 13.1. The van der Waals surface area contributed by atoms with Crippen molar-refractivity contribution in [3.8, 4) is 0 Å². The van der Waals surface area contributed by atoms with E-state index in [0.717, 1.165) is 6.42 Å². The molecule has 0 aromatic heterocycles. The fraction of sp³-hybridized carbons (Fsp3) is 0.333. The van der Waals surface area contributed by atoms with Crippen molar-refractivity contribution >= 4 is 30.9 Å². The van der Waals surface area contributed by atoms with E-state index in [4.69, 9.17) is 5.73 Å².